The molecule has 98 heavy (non-hydrogen) atoms. The van der Waals surface area contributed by atoms with Gasteiger partial charge in [0.05, 0.1) is 57.4 Å². The Morgan fingerprint density at radius 3 is 1.52 bits per heavy atom. The fourth-order valence-electron chi connectivity index (χ4n) is 12.1. The third-order valence-electron chi connectivity index (χ3n) is 16.7. The molecule has 1 amide bonds. The molecule has 7 aromatic rings. The van der Waals surface area contributed by atoms with Crippen LogP contribution < -0.4 is 28.4 Å². The molecule has 13 rings (SSSR count). The van der Waals surface area contributed by atoms with Gasteiger partial charge in [-0.15, -0.1) is 0 Å². The van der Waals surface area contributed by atoms with Crippen LogP contribution in [0, 0.1) is 0 Å². The summed E-state index contributed by atoms with van der Waals surface area (Å²) in [6.07, 6.45) is -11.3. The Labute approximate surface area is 557 Å². The van der Waals surface area contributed by atoms with Gasteiger partial charge < -0.3 is 111 Å². The van der Waals surface area contributed by atoms with E-state index in [9.17, 15) is 54.6 Å². The van der Waals surface area contributed by atoms with Crippen LogP contribution in [0.15, 0.2) is 116 Å². The number of hydrogen-bond acceptors (Lipinski definition) is 27. The van der Waals surface area contributed by atoms with E-state index >= 15 is 0 Å². The topological polar surface area (TPSA) is 358 Å². The van der Waals surface area contributed by atoms with Gasteiger partial charge in [-0.05, 0) is 98.2 Å². The first kappa shape index (κ1) is 67.7. The Kier molecular flexibility index (Phi) is 20.5. The van der Waals surface area contributed by atoms with Crippen molar-refractivity contribution in [2.24, 2.45) is 0 Å². The van der Waals surface area contributed by atoms with Gasteiger partial charge in [0.25, 0.3) is 0 Å². The maximum atomic E-state index is 13.6. The highest BCUT2D eigenvalue weighted by Gasteiger charge is 2.50. The number of esters is 2. The zero-order valence-corrected chi connectivity index (χ0v) is 52.7. The quantitative estimate of drug-likeness (QED) is 0.0253. The van der Waals surface area contributed by atoms with Crippen LogP contribution in [-0.4, -0.2) is 169 Å². The molecule has 2 fully saturated rings. The summed E-state index contributed by atoms with van der Waals surface area (Å²) in [5, 5.41) is 64.1. The Bertz CT molecular complexity index is 4230. The average Bonchev–Trinajstić information content (AvgIpc) is 1.36. The van der Waals surface area contributed by atoms with Gasteiger partial charge in [0.15, 0.2) is 47.4 Å². The molecular weight excluding hydrogens is 1290 g/mol. The molecule has 7 aromatic carbocycles. The van der Waals surface area contributed by atoms with Gasteiger partial charge in [-0.2, -0.15) is 0 Å². The zero-order chi connectivity index (χ0) is 68.9. The predicted molar refractivity (Wildman–Crippen MR) is 338 cm³/mol. The molecule has 6 heterocycles. The lowest BCUT2D eigenvalue weighted by Crippen LogP contribution is -2.58. The molecule has 6 aliphatic rings. The highest BCUT2D eigenvalue weighted by atomic mass is 16.8. The predicted octanol–water partition coefficient (Wildman–Crippen LogP) is 7.04. The van der Waals surface area contributed by atoms with Crippen molar-refractivity contribution in [2.75, 3.05) is 54.1 Å². The van der Waals surface area contributed by atoms with E-state index in [0.29, 0.717) is 100 Å². The van der Waals surface area contributed by atoms with Crippen molar-refractivity contribution in [3.8, 4) is 56.8 Å². The molecule has 0 aliphatic carbocycles. The second kappa shape index (κ2) is 29.6. The van der Waals surface area contributed by atoms with Gasteiger partial charge in [-0.3, -0.25) is 0 Å². The van der Waals surface area contributed by atoms with E-state index in [1.165, 1.54) is 26.2 Å². The lowest BCUT2D eigenvalue weighted by molar-refractivity contribution is -0.258. The summed E-state index contributed by atoms with van der Waals surface area (Å²) in [7, 11) is 2.92. The Hall–Kier alpha value is -10.3. The average molecular weight is 1350 g/mol. The van der Waals surface area contributed by atoms with Crippen molar-refractivity contribution >= 4 is 51.9 Å². The van der Waals surface area contributed by atoms with E-state index in [2.05, 4.69) is 13.2 Å². The van der Waals surface area contributed by atoms with E-state index in [0.717, 1.165) is 10.5 Å². The summed E-state index contributed by atoms with van der Waals surface area (Å²) in [5.41, 5.74) is 5.60. The van der Waals surface area contributed by atoms with Crippen molar-refractivity contribution in [3.63, 3.8) is 0 Å². The number of benzene rings is 7. The normalized spacial score (nSPS) is 20.8. The standard InChI is InChI=1S/C41H38O15.C29H29NO12/c1-3-12-47-40(45)54-32-21-51-39(37(56-41(46)48-13-4-2)36(32)49-19-23-8-6-5-7-9-23)55-35-28-15-26(18-43)25(17-42)14-27(28)33(34-29(35)20-50-38(34)44)24-10-11-30-31(16-24)53-22-52-30;1-30(2)29(36)42-26-19(33)11-38-28(24(26)34)41-25-17-6-15(9-32)14(8-31)5-16(17)22(23-18(25)10-37-27(23)35)13-3-4-20-21(7-13)40-12-39-20/h3-11,14-16,32,36-37,39,42-43H,1-2,12-13,17-22H2;3-7,19,24,26,28,31-34H,8-12H2,1-2H3/t32-,36+,37-,39?;19-,24-,26+,28?/m11/s1. The van der Waals surface area contributed by atoms with E-state index < -0.39 is 99.4 Å². The molecule has 28 nitrogen and oxygen atoms in total. The smallest absolute Gasteiger partial charge is 0.461 e. The van der Waals surface area contributed by atoms with E-state index in [-0.39, 0.29) is 89.1 Å². The second-order valence-electron chi connectivity index (χ2n) is 23.0. The van der Waals surface area contributed by atoms with Crippen LogP contribution in [0.2, 0.25) is 0 Å². The van der Waals surface area contributed by atoms with Crippen LogP contribution in [0.5, 0.6) is 34.5 Å². The van der Waals surface area contributed by atoms with Crippen LogP contribution >= 0.6 is 0 Å². The number of rotatable bonds is 20. The minimum absolute atomic E-state index is 0.00391. The third kappa shape index (κ3) is 13.6. The zero-order valence-electron chi connectivity index (χ0n) is 52.7. The fraction of sp³-hybridized carbons (Fsp3) is 0.329. The van der Waals surface area contributed by atoms with E-state index in [1.54, 1.807) is 60.7 Å². The first-order valence-electron chi connectivity index (χ1n) is 30.8. The number of carbonyl (C=O) groups is 5. The molecule has 28 heteroatoms. The minimum atomic E-state index is -1.61. The minimum Gasteiger partial charge on any atom is -0.461 e. The maximum absolute atomic E-state index is 13.6. The Morgan fingerprint density at radius 2 is 1.02 bits per heavy atom. The van der Waals surface area contributed by atoms with Crippen molar-refractivity contribution in [2.45, 2.75) is 95.5 Å². The summed E-state index contributed by atoms with van der Waals surface area (Å²) >= 11 is 0. The first-order valence-corrected chi connectivity index (χ1v) is 30.8. The fourth-order valence-corrected chi connectivity index (χ4v) is 12.1. The number of aliphatic hydroxyl groups is 6. The molecule has 8 atom stereocenters. The molecule has 2 saturated heterocycles. The van der Waals surface area contributed by atoms with Gasteiger partial charge in [-0.25, -0.2) is 24.0 Å². The van der Waals surface area contributed by atoms with E-state index in [1.807, 2.05) is 30.3 Å². The third-order valence-corrected chi connectivity index (χ3v) is 16.7. The van der Waals surface area contributed by atoms with Crippen LogP contribution in [0.4, 0.5) is 14.4 Å². The van der Waals surface area contributed by atoms with Gasteiger partial charge in [0.2, 0.25) is 26.2 Å². The number of nitrogens with zero attached hydrogens (tertiary/aromatic N) is 1. The summed E-state index contributed by atoms with van der Waals surface area (Å²) in [6.45, 7) is 4.27. The van der Waals surface area contributed by atoms with Crippen LogP contribution in [-0.2, 0) is 93.6 Å². The molecule has 514 valence electrons. The summed E-state index contributed by atoms with van der Waals surface area (Å²) in [6, 6.07) is 26.2. The number of ether oxygens (including phenoxy) is 16. The Balaban J connectivity index is 0.000000194. The van der Waals surface area contributed by atoms with Gasteiger partial charge in [-0.1, -0.05) is 67.8 Å². The SMILES string of the molecule is C=CCOC(=O)O[C@@H]1COC(Oc2c3c(c(-c4ccc5c(c4)OCO5)c4cc(CO)c(CO)cc24)C(=O)OC3)[C@H](OC(=O)OCC=C)[C@H]1OCc1ccccc1.CN(C)C(=O)O[C@H]1[C@H](O)COC(Oc2c3c(c(-c4ccc5c(c4)OCO5)c4cc(CO)c(CO)cc24)C(=O)OC3)[C@@H]1O. The molecule has 0 aromatic heterocycles. The first-order chi connectivity index (χ1) is 47.5. The second-order valence-corrected chi connectivity index (χ2v) is 23.0. The van der Waals surface area contributed by atoms with Crippen LogP contribution in [0.25, 0.3) is 43.8 Å². The largest absolute Gasteiger partial charge is 0.509 e. The number of amides is 1. The number of carbonyl (C=O) groups excluding carboxylic acids is 5. The molecule has 0 radical (unpaired) electrons. The van der Waals surface area contributed by atoms with Crippen molar-refractivity contribution in [1.29, 1.82) is 0 Å². The molecule has 0 bridgehead atoms. The molecule has 2 unspecified atom stereocenters. The van der Waals surface area contributed by atoms with Crippen LogP contribution in [0.1, 0.15) is 59.7 Å². The molecular formula is C70H67NO27. The molecule has 0 spiro atoms. The number of cyclic esters (lactones) is 2. The van der Waals surface area contributed by atoms with Gasteiger partial charge in [0.1, 0.15) is 50.1 Å². The lowest BCUT2D eigenvalue weighted by Gasteiger charge is -2.40. The van der Waals surface area contributed by atoms with Gasteiger partial charge >= 0.3 is 30.3 Å². The van der Waals surface area contributed by atoms with Crippen molar-refractivity contribution in [1.82, 2.24) is 4.90 Å². The summed E-state index contributed by atoms with van der Waals surface area (Å²) in [5.74, 6) is 1.03. The summed E-state index contributed by atoms with van der Waals surface area (Å²) in [4.78, 5) is 66.0. The maximum Gasteiger partial charge on any atom is 0.509 e. The van der Waals surface area contributed by atoms with E-state index in [4.69, 9.17) is 75.8 Å². The molecule has 6 N–H and O–H groups in total. The number of aliphatic hydroxyl groups excluding tert-OH is 6. The van der Waals surface area contributed by atoms with Crippen molar-refractivity contribution in [3.05, 3.63) is 166 Å². The highest BCUT2D eigenvalue weighted by Crippen LogP contribution is 2.51. The Morgan fingerprint density at radius 1 is 0.541 bits per heavy atom. The molecule has 0 saturated carbocycles. The monoisotopic (exact) mass is 1350 g/mol. The van der Waals surface area contributed by atoms with Gasteiger partial charge in [0, 0.05) is 47.1 Å². The van der Waals surface area contributed by atoms with Crippen molar-refractivity contribution < 1.29 is 130 Å². The highest BCUT2D eigenvalue weighted by molar-refractivity contribution is 6.15. The lowest BCUT2D eigenvalue weighted by atomic mass is 9.87. The number of fused-ring (bicyclic) bond motifs is 6. The van der Waals surface area contributed by atoms with Crippen LogP contribution in [0.3, 0.4) is 0 Å². The number of hydrogen-bond donors (Lipinski definition) is 6. The summed E-state index contributed by atoms with van der Waals surface area (Å²) < 4.78 is 91.1. The molecule has 6 aliphatic heterocycles.